The number of unbranched alkanes of at least 4 members (excludes halogenated alkanes) is 1. The summed E-state index contributed by atoms with van der Waals surface area (Å²) in [7, 11) is 5.14. The van der Waals surface area contributed by atoms with Gasteiger partial charge in [0.1, 0.15) is 0 Å². The van der Waals surface area contributed by atoms with Crippen molar-refractivity contribution in [3.63, 3.8) is 0 Å². The zero-order chi connectivity index (χ0) is 4.12. The Kier molecular flexibility index (Phi) is 13.9. The average Bonchev–Trinajstić information content (AvgIpc) is 1.41. The molecular formula is C4H10BF. The van der Waals surface area contributed by atoms with Gasteiger partial charge in [0.2, 0.25) is 0 Å². The molecule has 0 aromatic heterocycles. The summed E-state index contributed by atoms with van der Waals surface area (Å²) < 4.78 is 0. The minimum atomic E-state index is 0. The van der Waals surface area contributed by atoms with Crippen molar-refractivity contribution in [2.45, 2.75) is 26.1 Å². The fourth-order valence-corrected chi connectivity index (χ4v) is 0.204. The van der Waals surface area contributed by atoms with Crippen molar-refractivity contribution in [3.8, 4) is 0 Å². The molecule has 0 aromatic rings. The van der Waals surface area contributed by atoms with Gasteiger partial charge in [0.25, 0.3) is 0 Å². The highest BCUT2D eigenvalue weighted by molar-refractivity contribution is 6.08. The first-order chi connectivity index (χ1) is 2.41. The Morgan fingerprint density at radius 1 is 1.50 bits per heavy atom. The van der Waals surface area contributed by atoms with Gasteiger partial charge >= 0.3 is 0 Å². The van der Waals surface area contributed by atoms with Crippen LogP contribution in [0.3, 0.4) is 0 Å². The smallest absolute Gasteiger partial charge is 0.0652 e. The second kappa shape index (κ2) is 8.89. The van der Waals surface area contributed by atoms with Crippen LogP contribution in [-0.2, 0) is 0 Å². The van der Waals surface area contributed by atoms with E-state index in [0.717, 1.165) is 6.32 Å². The molecule has 2 heteroatoms. The molecule has 0 fully saturated rings. The monoisotopic (exact) mass is 88.1 g/mol. The van der Waals surface area contributed by atoms with E-state index in [2.05, 4.69) is 6.92 Å². The lowest BCUT2D eigenvalue weighted by molar-refractivity contribution is 0.884. The molecule has 0 aliphatic rings. The molecule has 0 aliphatic carbocycles. The maximum absolute atomic E-state index is 5.14. The second-order valence-electron chi connectivity index (χ2n) is 1.14. The maximum atomic E-state index is 5.14. The van der Waals surface area contributed by atoms with Gasteiger partial charge in [-0.15, -0.1) is 0 Å². The Hall–Kier alpha value is -0.00506. The van der Waals surface area contributed by atoms with Crippen molar-refractivity contribution < 1.29 is 4.70 Å². The van der Waals surface area contributed by atoms with Crippen LogP contribution in [0.25, 0.3) is 0 Å². The third-order valence-electron chi connectivity index (χ3n) is 0.558. The van der Waals surface area contributed by atoms with Gasteiger partial charge in [0.15, 0.2) is 0 Å². The van der Waals surface area contributed by atoms with Crippen molar-refractivity contribution in [2.24, 2.45) is 0 Å². The van der Waals surface area contributed by atoms with Gasteiger partial charge < -0.3 is 0 Å². The number of rotatable bonds is 2. The minimum absolute atomic E-state index is 0. The summed E-state index contributed by atoms with van der Waals surface area (Å²) in [5, 5.41) is 0. The third kappa shape index (κ3) is 9.00. The molecule has 0 bridgehead atoms. The largest absolute Gasteiger partial charge is 0.269 e. The number of hydrogen-bond donors (Lipinski definition) is 0. The molecule has 0 heterocycles. The Morgan fingerprint density at radius 3 is 2.00 bits per heavy atom. The third-order valence-corrected chi connectivity index (χ3v) is 0.558. The normalized spacial score (nSPS) is 6.83. The van der Waals surface area contributed by atoms with Gasteiger partial charge in [-0.3, -0.25) is 4.70 Å². The molecule has 6 heavy (non-hydrogen) atoms. The van der Waals surface area contributed by atoms with E-state index < -0.39 is 0 Å². The molecule has 0 spiro atoms. The van der Waals surface area contributed by atoms with Crippen LogP contribution in [0.1, 0.15) is 19.8 Å². The molecule has 0 nitrogen and oxygen atoms in total. The summed E-state index contributed by atoms with van der Waals surface area (Å²) in [6.07, 6.45) is 3.23. The topological polar surface area (TPSA) is 0 Å². The van der Waals surface area contributed by atoms with Crippen LogP contribution in [0.15, 0.2) is 0 Å². The minimum Gasteiger partial charge on any atom is -0.269 e. The van der Waals surface area contributed by atoms with Gasteiger partial charge in [-0.1, -0.05) is 26.1 Å². The van der Waals surface area contributed by atoms with E-state index >= 15 is 0 Å². The summed E-state index contributed by atoms with van der Waals surface area (Å²) in [5.74, 6) is 0. The molecule has 36 valence electrons. The van der Waals surface area contributed by atoms with Crippen LogP contribution in [0.5, 0.6) is 0 Å². The van der Waals surface area contributed by atoms with Crippen molar-refractivity contribution in [3.05, 3.63) is 0 Å². The SMILES string of the molecule is F.[B]CCCC. The number of halogens is 1. The number of hydrogen-bond acceptors (Lipinski definition) is 0. The second-order valence-corrected chi connectivity index (χ2v) is 1.14. The van der Waals surface area contributed by atoms with Gasteiger partial charge in [-0.05, 0) is 0 Å². The lowest BCUT2D eigenvalue weighted by Crippen LogP contribution is -1.63. The molecule has 0 rings (SSSR count). The van der Waals surface area contributed by atoms with Gasteiger partial charge in [0, 0.05) is 0 Å². The molecule has 0 unspecified atom stereocenters. The van der Waals surface area contributed by atoms with E-state index in [1.165, 1.54) is 12.8 Å². The molecule has 2 radical (unpaired) electrons. The summed E-state index contributed by atoms with van der Waals surface area (Å²) in [5.41, 5.74) is 0. The molecule has 0 aromatic carbocycles. The zero-order valence-electron chi connectivity index (χ0n) is 4.11. The lowest BCUT2D eigenvalue weighted by atomic mass is 10.0. The van der Waals surface area contributed by atoms with E-state index in [1.807, 2.05) is 0 Å². The summed E-state index contributed by atoms with van der Waals surface area (Å²) >= 11 is 0. The Balaban J connectivity index is 0. The predicted octanol–water partition coefficient (Wildman–Crippen LogP) is 1.53. The van der Waals surface area contributed by atoms with Crippen molar-refractivity contribution >= 4 is 7.85 Å². The first kappa shape index (κ1) is 9.37. The van der Waals surface area contributed by atoms with E-state index in [1.54, 1.807) is 0 Å². The van der Waals surface area contributed by atoms with Gasteiger partial charge in [-0.25, -0.2) is 0 Å². The maximum Gasteiger partial charge on any atom is 0.0652 e. The molecule has 0 amide bonds. The summed E-state index contributed by atoms with van der Waals surface area (Å²) in [6.45, 7) is 2.13. The molecule has 0 N–H and O–H groups in total. The predicted molar refractivity (Wildman–Crippen MR) is 28.0 cm³/mol. The van der Waals surface area contributed by atoms with Crippen LogP contribution in [0.2, 0.25) is 6.32 Å². The standard InChI is InChI=1S/C4H9B.FH/c1-2-3-4-5;/h2-4H2,1H3;1H. The molecule has 0 saturated carbocycles. The summed E-state index contributed by atoms with van der Waals surface area (Å²) in [6, 6.07) is 0. The quantitative estimate of drug-likeness (QED) is 0.449. The first-order valence-corrected chi connectivity index (χ1v) is 2.12. The highest BCUT2D eigenvalue weighted by Crippen LogP contribution is 1.86. The van der Waals surface area contributed by atoms with E-state index in [0.29, 0.717) is 0 Å². The first-order valence-electron chi connectivity index (χ1n) is 2.12. The van der Waals surface area contributed by atoms with Crippen molar-refractivity contribution in [2.75, 3.05) is 0 Å². The highest BCUT2D eigenvalue weighted by Gasteiger charge is 1.68. The fourth-order valence-electron chi connectivity index (χ4n) is 0.204. The van der Waals surface area contributed by atoms with E-state index in [4.69, 9.17) is 7.85 Å². The molecule has 0 atom stereocenters. The summed E-state index contributed by atoms with van der Waals surface area (Å²) in [4.78, 5) is 0. The molecule has 0 aliphatic heterocycles. The van der Waals surface area contributed by atoms with Crippen LogP contribution in [0.4, 0.5) is 4.70 Å². The Bertz CT molecular complexity index is 15.0. The molecular weight excluding hydrogens is 77.9 g/mol. The van der Waals surface area contributed by atoms with Crippen LogP contribution >= 0.6 is 0 Å². The zero-order valence-corrected chi connectivity index (χ0v) is 4.11. The lowest BCUT2D eigenvalue weighted by Gasteiger charge is -1.79. The highest BCUT2D eigenvalue weighted by atomic mass is 19.0. The van der Waals surface area contributed by atoms with Crippen LogP contribution < -0.4 is 0 Å². The Labute approximate surface area is 39.7 Å². The van der Waals surface area contributed by atoms with Gasteiger partial charge in [0.05, 0.1) is 7.85 Å². The fraction of sp³-hybridized carbons (Fsp3) is 1.00. The van der Waals surface area contributed by atoms with E-state index in [9.17, 15) is 0 Å². The molecule has 0 saturated heterocycles. The average molecular weight is 87.9 g/mol. The van der Waals surface area contributed by atoms with Crippen LogP contribution in [0, 0.1) is 0 Å². The van der Waals surface area contributed by atoms with Gasteiger partial charge in [-0.2, -0.15) is 0 Å². The van der Waals surface area contributed by atoms with Crippen LogP contribution in [-0.4, -0.2) is 7.85 Å². The van der Waals surface area contributed by atoms with Crippen molar-refractivity contribution in [1.82, 2.24) is 0 Å². The van der Waals surface area contributed by atoms with E-state index in [-0.39, 0.29) is 4.70 Å². The Morgan fingerprint density at radius 2 is 2.00 bits per heavy atom. The van der Waals surface area contributed by atoms with Crippen molar-refractivity contribution in [1.29, 1.82) is 0 Å².